The van der Waals surface area contributed by atoms with Gasteiger partial charge in [-0.05, 0) is 25.0 Å². The number of hydrogen-bond acceptors (Lipinski definition) is 5. The standard InChI is InChI=1S/C13H20N2O4S/c1-19-9-6-7-13(10(14)8-9)20(17,18)15-11-4-2-3-5-12(11)16/h6-8,11-12,15-16H,2-5,14H2,1H3/t11-,12-/m1/s1. The Kier molecular flexibility index (Phi) is 4.52. The summed E-state index contributed by atoms with van der Waals surface area (Å²) < 4.78 is 32.2. The van der Waals surface area contributed by atoms with Crippen LogP contribution in [0.4, 0.5) is 5.69 Å². The quantitative estimate of drug-likeness (QED) is 0.716. The van der Waals surface area contributed by atoms with Gasteiger partial charge in [0.2, 0.25) is 10.0 Å². The fraction of sp³-hybridized carbons (Fsp3) is 0.538. The van der Waals surface area contributed by atoms with Gasteiger partial charge in [0.1, 0.15) is 10.6 Å². The number of rotatable bonds is 4. The predicted octanol–water partition coefficient (Wildman–Crippen LogP) is 0.859. The molecule has 0 radical (unpaired) electrons. The highest BCUT2D eigenvalue weighted by Crippen LogP contribution is 2.25. The van der Waals surface area contributed by atoms with E-state index in [0.29, 0.717) is 18.6 Å². The van der Waals surface area contributed by atoms with Crippen LogP contribution in [0.3, 0.4) is 0 Å². The normalized spacial score (nSPS) is 23.5. The lowest BCUT2D eigenvalue weighted by atomic mass is 9.93. The molecular formula is C13H20N2O4S. The van der Waals surface area contributed by atoms with Crippen LogP contribution in [0.2, 0.25) is 0 Å². The largest absolute Gasteiger partial charge is 0.497 e. The Morgan fingerprint density at radius 1 is 1.35 bits per heavy atom. The number of aliphatic hydroxyl groups excluding tert-OH is 1. The Balaban J connectivity index is 2.21. The summed E-state index contributed by atoms with van der Waals surface area (Å²) >= 11 is 0. The lowest BCUT2D eigenvalue weighted by Gasteiger charge is -2.28. The predicted molar refractivity (Wildman–Crippen MR) is 76.0 cm³/mol. The zero-order valence-electron chi connectivity index (χ0n) is 11.4. The minimum absolute atomic E-state index is 0.0103. The van der Waals surface area contributed by atoms with Crippen molar-refractivity contribution in [1.29, 1.82) is 0 Å². The van der Waals surface area contributed by atoms with Gasteiger partial charge in [-0.25, -0.2) is 13.1 Å². The number of hydrogen-bond donors (Lipinski definition) is 3. The van der Waals surface area contributed by atoms with E-state index in [1.54, 1.807) is 6.07 Å². The number of nitrogen functional groups attached to an aromatic ring is 1. The lowest BCUT2D eigenvalue weighted by Crippen LogP contribution is -2.45. The van der Waals surface area contributed by atoms with Crippen molar-refractivity contribution in [3.05, 3.63) is 18.2 Å². The molecule has 6 nitrogen and oxygen atoms in total. The van der Waals surface area contributed by atoms with Crippen LogP contribution in [0.1, 0.15) is 25.7 Å². The van der Waals surface area contributed by atoms with Crippen LogP contribution >= 0.6 is 0 Å². The fourth-order valence-corrected chi connectivity index (χ4v) is 3.83. The first-order valence-corrected chi connectivity index (χ1v) is 8.06. The minimum Gasteiger partial charge on any atom is -0.497 e. The number of ether oxygens (including phenoxy) is 1. The number of benzene rings is 1. The monoisotopic (exact) mass is 300 g/mol. The molecule has 0 aromatic heterocycles. The van der Waals surface area contributed by atoms with Gasteiger partial charge < -0.3 is 15.6 Å². The fourth-order valence-electron chi connectivity index (χ4n) is 2.41. The highest BCUT2D eigenvalue weighted by molar-refractivity contribution is 7.89. The van der Waals surface area contributed by atoms with E-state index in [-0.39, 0.29) is 10.6 Å². The second-order valence-electron chi connectivity index (χ2n) is 4.98. The molecule has 0 unspecified atom stereocenters. The SMILES string of the molecule is COc1ccc(S(=O)(=O)N[C@@H]2CCCC[C@H]2O)c(N)c1. The van der Waals surface area contributed by atoms with Gasteiger partial charge in [0, 0.05) is 12.1 Å². The molecule has 0 saturated heterocycles. The molecule has 1 fully saturated rings. The van der Waals surface area contributed by atoms with Gasteiger partial charge in [0.15, 0.2) is 0 Å². The van der Waals surface area contributed by atoms with Crippen LogP contribution < -0.4 is 15.2 Å². The molecule has 2 atom stereocenters. The first kappa shape index (κ1) is 15.1. The van der Waals surface area contributed by atoms with Gasteiger partial charge in [-0.1, -0.05) is 12.8 Å². The molecule has 1 saturated carbocycles. The second-order valence-corrected chi connectivity index (χ2v) is 6.67. The van der Waals surface area contributed by atoms with Crippen LogP contribution in [-0.2, 0) is 10.0 Å². The first-order valence-electron chi connectivity index (χ1n) is 6.58. The van der Waals surface area contributed by atoms with Gasteiger partial charge in [-0.2, -0.15) is 0 Å². The van der Waals surface area contributed by atoms with Crippen molar-refractivity contribution in [2.45, 2.75) is 42.7 Å². The highest BCUT2D eigenvalue weighted by atomic mass is 32.2. The van der Waals surface area contributed by atoms with Crippen molar-refractivity contribution in [2.24, 2.45) is 0 Å². The third kappa shape index (κ3) is 3.23. The zero-order valence-corrected chi connectivity index (χ0v) is 12.2. The summed E-state index contributed by atoms with van der Waals surface area (Å²) in [6.45, 7) is 0. The second kappa shape index (κ2) is 5.99. The third-order valence-corrected chi connectivity index (χ3v) is 5.11. The number of nitrogens with two attached hydrogens (primary N) is 1. The molecule has 1 aliphatic rings. The molecule has 7 heteroatoms. The molecule has 0 bridgehead atoms. The highest BCUT2D eigenvalue weighted by Gasteiger charge is 2.29. The van der Waals surface area contributed by atoms with Gasteiger partial charge in [-0.3, -0.25) is 0 Å². The molecule has 20 heavy (non-hydrogen) atoms. The minimum atomic E-state index is -3.74. The number of anilines is 1. The maximum atomic E-state index is 12.3. The summed E-state index contributed by atoms with van der Waals surface area (Å²) in [5.41, 5.74) is 5.89. The Bertz CT molecular complexity index is 574. The number of methoxy groups -OCH3 is 1. The summed E-state index contributed by atoms with van der Waals surface area (Å²) in [5, 5.41) is 9.85. The van der Waals surface area contributed by atoms with Gasteiger partial charge >= 0.3 is 0 Å². The molecule has 0 heterocycles. The molecular weight excluding hydrogens is 280 g/mol. The molecule has 0 amide bonds. The van der Waals surface area contributed by atoms with E-state index in [2.05, 4.69) is 4.72 Å². The van der Waals surface area contributed by atoms with E-state index in [0.717, 1.165) is 12.8 Å². The first-order chi connectivity index (χ1) is 9.44. The molecule has 1 aliphatic carbocycles. The molecule has 0 aliphatic heterocycles. The van der Waals surface area contributed by atoms with Crippen molar-refractivity contribution >= 4 is 15.7 Å². The zero-order chi connectivity index (χ0) is 14.8. The van der Waals surface area contributed by atoms with Crippen LogP contribution in [0.15, 0.2) is 23.1 Å². The maximum absolute atomic E-state index is 12.3. The Morgan fingerprint density at radius 3 is 2.65 bits per heavy atom. The Morgan fingerprint density at radius 2 is 2.05 bits per heavy atom. The summed E-state index contributed by atoms with van der Waals surface area (Å²) in [4.78, 5) is 0.0103. The molecule has 4 N–H and O–H groups in total. The smallest absolute Gasteiger partial charge is 0.242 e. The number of nitrogens with one attached hydrogen (secondary N) is 1. The van der Waals surface area contributed by atoms with Crippen molar-refractivity contribution in [2.75, 3.05) is 12.8 Å². The van der Waals surface area contributed by atoms with Crippen molar-refractivity contribution in [1.82, 2.24) is 4.72 Å². The molecule has 2 rings (SSSR count). The van der Waals surface area contributed by atoms with E-state index in [4.69, 9.17) is 10.5 Å². The van der Waals surface area contributed by atoms with Crippen LogP contribution in [0, 0.1) is 0 Å². The summed E-state index contributed by atoms with van der Waals surface area (Å²) in [5.74, 6) is 0.499. The molecule has 1 aromatic rings. The lowest BCUT2D eigenvalue weighted by molar-refractivity contribution is 0.101. The summed E-state index contributed by atoms with van der Waals surface area (Å²) in [7, 11) is -2.25. The Hall–Kier alpha value is -1.31. The van der Waals surface area contributed by atoms with Gasteiger partial charge in [0.25, 0.3) is 0 Å². The Labute approximate surface area is 119 Å². The van der Waals surface area contributed by atoms with Crippen LogP contribution in [0.5, 0.6) is 5.75 Å². The van der Waals surface area contributed by atoms with Crippen LogP contribution in [0.25, 0.3) is 0 Å². The van der Waals surface area contributed by atoms with Crippen molar-refractivity contribution < 1.29 is 18.3 Å². The number of aliphatic hydroxyl groups is 1. The molecule has 0 spiro atoms. The average Bonchev–Trinajstić information content (AvgIpc) is 2.40. The maximum Gasteiger partial charge on any atom is 0.242 e. The summed E-state index contributed by atoms with van der Waals surface area (Å²) in [6, 6.07) is 3.97. The van der Waals surface area contributed by atoms with E-state index < -0.39 is 22.2 Å². The van der Waals surface area contributed by atoms with E-state index in [9.17, 15) is 13.5 Å². The van der Waals surface area contributed by atoms with Crippen molar-refractivity contribution in [3.63, 3.8) is 0 Å². The van der Waals surface area contributed by atoms with E-state index >= 15 is 0 Å². The van der Waals surface area contributed by atoms with Gasteiger partial charge in [-0.15, -0.1) is 0 Å². The molecule has 112 valence electrons. The summed E-state index contributed by atoms with van der Waals surface area (Å²) in [6.07, 6.45) is 2.44. The third-order valence-electron chi connectivity index (χ3n) is 3.54. The van der Waals surface area contributed by atoms with E-state index in [1.165, 1.54) is 19.2 Å². The van der Waals surface area contributed by atoms with Crippen LogP contribution in [-0.4, -0.2) is 32.8 Å². The van der Waals surface area contributed by atoms with E-state index in [1.807, 2.05) is 0 Å². The number of sulfonamides is 1. The topological polar surface area (TPSA) is 102 Å². The van der Waals surface area contributed by atoms with Gasteiger partial charge in [0.05, 0.1) is 18.9 Å². The van der Waals surface area contributed by atoms with Crippen molar-refractivity contribution in [3.8, 4) is 5.75 Å². The average molecular weight is 300 g/mol. The molecule has 1 aromatic carbocycles.